The first-order valence-electron chi connectivity index (χ1n) is 25.8. The van der Waals surface area contributed by atoms with E-state index in [2.05, 4.69) is 37.2 Å². The maximum Gasteiger partial charge on any atom is 0.326 e. The lowest BCUT2D eigenvalue weighted by Gasteiger charge is -2.31. The van der Waals surface area contributed by atoms with Crippen LogP contribution in [-0.2, 0) is 65.6 Å². The molecule has 4 rings (SSSR count). The maximum absolute atomic E-state index is 14.5. The van der Waals surface area contributed by atoms with Gasteiger partial charge in [-0.15, -0.1) is 0 Å². The monoisotopic (exact) mass is 1080 g/mol. The van der Waals surface area contributed by atoms with Gasteiger partial charge >= 0.3 is 11.9 Å². The number of nitrogens with two attached hydrogens (primary N) is 1. The normalized spacial score (nSPS) is 18.2. The summed E-state index contributed by atoms with van der Waals surface area (Å²) in [5, 5.41) is 56.9. The molecular weight excluding hydrogens is 1000 g/mol. The number of carbonyl (C=O) groups is 11. The smallest absolute Gasteiger partial charge is 0.326 e. The fourth-order valence-corrected chi connectivity index (χ4v) is 8.99. The Hall–Kier alpha value is -7.67. The summed E-state index contributed by atoms with van der Waals surface area (Å²) in [6, 6.07) is 3.90. The summed E-state index contributed by atoms with van der Waals surface area (Å²) in [4.78, 5) is 148. The second-order valence-corrected chi connectivity index (χ2v) is 19.9. The van der Waals surface area contributed by atoms with Crippen molar-refractivity contribution in [3.8, 4) is 5.75 Å². The van der Waals surface area contributed by atoms with Gasteiger partial charge in [-0.05, 0) is 80.5 Å². The van der Waals surface area contributed by atoms with Crippen LogP contribution in [-0.4, -0.2) is 176 Å². The number of aliphatic hydroxyl groups is 1. The number of aliphatic hydroxyl groups excluding tert-OH is 1. The minimum absolute atomic E-state index is 0.0211. The standard InChI is InChI=1S/C52H74N10O15/c1-6-29(4)43(52(76)77)59-50(74)44(30(5)63)60-49(73)39-15-11-21-62(39)51(75)37(24-31-12-8-7-9-13-31)58-47(71)36(25-42(67)68)57-48(72)38-14-10-20-61(38)41(66)27-54-40(65)26-55-46(70)35(22-28(2)3)56-45(69)34(53)23-32-16-18-33(64)19-17-32/h7-9,12-13,16-19,28-30,34-39,43-44,63-64H,6,10-11,14-15,20-27,53H2,1-5H3,(H,54,65)(H,55,70)(H,56,69)(H,57,72)(H,58,71)(H,59,74)(H,60,73)(H,67,68)(H,76,77)/t29-,30+,34-,35-,36-,37-,38-,39-,43-,44-/m0/s1. The zero-order valence-electron chi connectivity index (χ0n) is 44.0. The highest BCUT2D eigenvalue weighted by Gasteiger charge is 2.42. The number of benzene rings is 2. The third kappa shape index (κ3) is 18.8. The van der Waals surface area contributed by atoms with Crippen LogP contribution in [0.4, 0.5) is 0 Å². The van der Waals surface area contributed by atoms with Gasteiger partial charge in [-0.25, -0.2) is 4.79 Å². The fourth-order valence-electron chi connectivity index (χ4n) is 8.99. The Balaban J connectivity index is 1.40. The molecule has 422 valence electrons. The van der Waals surface area contributed by atoms with E-state index in [1.54, 1.807) is 56.3 Å². The molecule has 0 aromatic heterocycles. The van der Waals surface area contributed by atoms with E-state index < -0.39 is 145 Å². The lowest BCUT2D eigenvalue weighted by Crippen LogP contribution is -2.61. The van der Waals surface area contributed by atoms with Gasteiger partial charge in [0.15, 0.2) is 0 Å². The minimum atomic E-state index is -1.78. The highest BCUT2D eigenvalue weighted by atomic mass is 16.4. The quantitative estimate of drug-likeness (QED) is 0.0446. The molecule has 0 unspecified atom stereocenters. The van der Waals surface area contributed by atoms with E-state index in [1.165, 1.54) is 24.0 Å². The molecule has 2 aromatic carbocycles. The molecule has 0 spiro atoms. The SMILES string of the molecule is CC[C@H](C)[C@H](NC(=O)[C@@H](NC(=O)[C@@H]1CCCN1C(=O)[C@H](Cc1ccccc1)NC(=O)[C@H](CC(=O)O)NC(=O)[C@@H]1CCCN1C(=O)CNC(=O)CNC(=O)[C@H](CC(C)C)NC(=O)[C@@H](N)Cc1ccc(O)cc1)[C@@H](C)O)C(=O)O. The zero-order chi connectivity index (χ0) is 57.1. The van der Waals surface area contributed by atoms with Crippen LogP contribution in [0.1, 0.15) is 90.7 Å². The molecule has 2 saturated heterocycles. The highest BCUT2D eigenvalue weighted by Crippen LogP contribution is 2.22. The molecule has 10 atom stereocenters. The number of hydrogen-bond acceptors (Lipinski definition) is 14. The molecule has 77 heavy (non-hydrogen) atoms. The van der Waals surface area contributed by atoms with Crippen molar-refractivity contribution >= 4 is 65.1 Å². The first-order valence-corrected chi connectivity index (χ1v) is 25.8. The largest absolute Gasteiger partial charge is 0.508 e. The average Bonchev–Trinajstić information content (AvgIpc) is 4.09. The van der Waals surface area contributed by atoms with Crippen molar-refractivity contribution in [1.82, 2.24) is 47.0 Å². The number of rotatable bonds is 28. The topological polar surface area (TPSA) is 385 Å². The first-order chi connectivity index (χ1) is 36.4. The molecule has 0 saturated carbocycles. The molecule has 0 aliphatic carbocycles. The first kappa shape index (κ1) is 61.9. The van der Waals surface area contributed by atoms with Crippen LogP contribution in [0, 0.1) is 11.8 Å². The van der Waals surface area contributed by atoms with Crippen molar-refractivity contribution in [1.29, 1.82) is 0 Å². The highest BCUT2D eigenvalue weighted by molar-refractivity contribution is 5.99. The molecule has 25 heteroatoms. The lowest BCUT2D eigenvalue weighted by atomic mass is 9.98. The third-order valence-electron chi connectivity index (χ3n) is 13.4. The lowest BCUT2D eigenvalue weighted by molar-refractivity contribution is -0.146. The van der Waals surface area contributed by atoms with Gasteiger partial charge in [-0.1, -0.05) is 76.6 Å². The van der Waals surface area contributed by atoms with E-state index in [4.69, 9.17) is 5.73 Å². The molecule has 2 heterocycles. The number of carboxylic acids is 2. The Labute approximate surface area is 446 Å². The number of carbonyl (C=O) groups excluding carboxylic acids is 9. The van der Waals surface area contributed by atoms with E-state index in [0.29, 0.717) is 30.4 Å². The van der Waals surface area contributed by atoms with Gasteiger partial charge in [0.2, 0.25) is 53.2 Å². The Morgan fingerprint density at radius 2 is 1.22 bits per heavy atom. The molecule has 0 bridgehead atoms. The number of aliphatic carboxylic acids is 2. The van der Waals surface area contributed by atoms with Crippen LogP contribution in [0.5, 0.6) is 5.75 Å². The fraction of sp³-hybridized carbons (Fsp3) is 0.558. The van der Waals surface area contributed by atoms with Crippen LogP contribution in [0.3, 0.4) is 0 Å². The van der Waals surface area contributed by atoms with Crippen LogP contribution < -0.4 is 43.0 Å². The number of phenolic OH excluding ortho intramolecular Hbond substituents is 1. The predicted octanol–water partition coefficient (Wildman–Crippen LogP) is -1.82. The molecule has 2 fully saturated rings. The van der Waals surface area contributed by atoms with Gasteiger partial charge in [0, 0.05) is 19.5 Å². The van der Waals surface area contributed by atoms with Crippen LogP contribution in [0.15, 0.2) is 54.6 Å². The number of nitrogens with one attached hydrogen (secondary N) is 7. The van der Waals surface area contributed by atoms with E-state index in [0.717, 1.165) is 4.90 Å². The van der Waals surface area contributed by atoms with Gasteiger partial charge in [0.25, 0.3) is 0 Å². The van der Waals surface area contributed by atoms with Crippen molar-refractivity contribution in [3.05, 3.63) is 65.7 Å². The molecule has 25 nitrogen and oxygen atoms in total. The van der Waals surface area contributed by atoms with Crippen LogP contribution >= 0.6 is 0 Å². The minimum Gasteiger partial charge on any atom is -0.508 e. The zero-order valence-corrected chi connectivity index (χ0v) is 44.0. The van der Waals surface area contributed by atoms with Crippen molar-refractivity contribution in [3.63, 3.8) is 0 Å². The van der Waals surface area contributed by atoms with Crippen molar-refractivity contribution in [2.24, 2.45) is 17.6 Å². The van der Waals surface area contributed by atoms with Crippen molar-refractivity contribution in [2.45, 2.75) is 147 Å². The van der Waals surface area contributed by atoms with E-state index in [-0.39, 0.29) is 56.9 Å². The number of hydrogen-bond donors (Lipinski definition) is 12. The van der Waals surface area contributed by atoms with Gasteiger partial charge < -0.3 is 73.2 Å². The van der Waals surface area contributed by atoms with Crippen LogP contribution in [0.25, 0.3) is 0 Å². The number of amides is 9. The summed E-state index contributed by atoms with van der Waals surface area (Å²) in [5.41, 5.74) is 7.34. The molecule has 0 radical (unpaired) electrons. The summed E-state index contributed by atoms with van der Waals surface area (Å²) in [6.07, 6.45) is -1.00. The summed E-state index contributed by atoms with van der Waals surface area (Å²) < 4.78 is 0. The van der Waals surface area contributed by atoms with Crippen LogP contribution in [0.2, 0.25) is 0 Å². The summed E-state index contributed by atoms with van der Waals surface area (Å²) >= 11 is 0. The third-order valence-corrected chi connectivity index (χ3v) is 13.4. The van der Waals surface area contributed by atoms with Gasteiger partial charge in [-0.2, -0.15) is 0 Å². The maximum atomic E-state index is 14.5. The number of nitrogens with zero attached hydrogens (tertiary/aromatic N) is 2. The van der Waals surface area contributed by atoms with Crippen molar-refractivity contribution < 1.29 is 73.2 Å². The molecule has 2 aromatic rings. The molecular formula is C52H74N10O15. The van der Waals surface area contributed by atoms with Gasteiger partial charge in [0.1, 0.15) is 48.0 Å². The second-order valence-electron chi connectivity index (χ2n) is 19.9. The molecule has 2 aliphatic heterocycles. The molecule has 2 aliphatic rings. The summed E-state index contributed by atoms with van der Waals surface area (Å²) in [5.74, 6) is -10.6. The summed E-state index contributed by atoms with van der Waals surface area (Å²) in [6.45, 7) is 7.13. The number of carboxylic acid groups (broad SMARTS) is 2. The number of likely N-dealkylation sites (tertiary alicyclic amines) is 2. The Morgan fingerprint density at radius 1 is 0.636 bits per heavy atom. The van der Waals surface area contributed by atoms with E-state index in [9.17, 15) is 73.2 Å². The Kier molecular flexibility index (Phi) is 23.8. The Bertz CT molecular complexity index is 2420. The van der Waals surface area contributed by atoms with E-state index in [1.807, 2.05) is 13.8 Å². The molecule has 9 amide bonds. The average molecular weight is 1080 g/mol. The second kappa shape index (κ2) is 29.6. The van der Waals surface area contributed by atoms with Crippen molar-refractivity contribution in [2.75, 3.05) is 26.2 Å². The number of aromatic hydroxyl groups is 1. The van der Waals surface area contributed by atoms with E-state index >= 15 is 0 Å². The predicted molar refractivity (Wildman–Crippen MR) is 276 cm³/mol. The van der Waals surface area contributed by atoms with Gasteiger partial charge in [0.05, 0.1) is 31.7 Å². The Morgan fingerprint density at radius 3 is 1.81 bits per heavy atom. The molecule has 13 N–H and O–H groups in total. The number of phenols is 1. The van der Waals surface area contributed by atoms with Gasteiger partial charge in [-0.3, -0.25) is 47.9 Å². The summed E-state index contributed by atoms with van der Waals surface area (Å²) in [7, 11) is 0.